The van der Waals surface area contributed by atoms with Crippen LogP contribution in [0.2, 0.25) is 0 Å². The summed E-state index contributed by atoms with van der Waals surface area (Å²) in [7, 11) is 0. The van der Waals surface area contributed by atoms with Gasteiger partial charge in [-0.2, -0.15) is 0 Å². The smallest absolute Gasteiger partial charge is 0.272 e. The van der Waals surface area contributed by atoms with Crippen molar-refractivity contribution in [2.45, 2.75) is 13.8 Å². The minimum atomic E-state index is -0.455. The molecule has 0 bridgehead atoms. The molecule has 0 saturated heterocycles. The van der Waals surface area contributed by atoms with Crippen LogP contribution in [-0.2, 0) is 4.79 Å². The van der Waals surface area contributed by atoms with E-state index in [4.69, 9.17) is 4.74 Å². The number of carbonyl (C=O) groups is 1. The van der Waals surface area contributed by atoms with E-state index >= 15 is 0 Å². The maximum Gasteiger partial charge on any atom is 0.272 e. The minimum absolute atomic E-state index is 0.0245. The van der Waals surface area contributed by atoms with E-state index in [0.29, 0.717) is 17.0 Å². The third-order valence-electron chi connectivity index (χ3n) is 3.07. The lowest BCUT2D eigenvalue weighted by Gasteiger charge is -2.08. The Morgan fingerprint density at radius 2 is 1.86 bits per heavy atom. The van der Waals surface area contributed by atoms with Crippen molar-refractivity contribution in [1.82, 2.24) is 0 Å². The standard InChI is InChI=1S/C16H16N2O4/c1-11-3-5-13(6-4-11)17-16(19)10-22-14-7-8-15(18(20)21)12(2)9-14/h3-9H,10H2,1-2H3,(H,17,19). The molecule has 0 spiro atoms. The van der Waals surface area contributed by atoms with Crippen LogP contribution in [0.4, 0.5) is 11.4 Å². The molecule has 0 saturated carbocycles. The van der Waals surface area contributed by atoms with E-state index in [1.165, 1.54) is 18.2 Å². The van der Waals surface area contributed by atoms with Gasteiger partial charge in [0.25, 0.3) is 11.6 Å². The monoisotopic (exact) mass is 300 g/mol. The number of rotatable bonds is 5. The van der Waals surface area contributed by atoms with Gasteiger partial charge in [-0.3, -0.25) is 14.9 Å². The van der Waals surface area contributed by atoms with Crippen LogP contribution >= 0.6 is 0 Å². The van der Waals surface area contributed by atoms with Crippen molar-refractivity contribution in [1.29, 1.82) is 0 Å². The Labute approximate surface area is 127 Å². The molecule has 0 unspecified atom stereocenters. The molecular weight excluding hydrogens is 284 g/mol. The van der Waals surface area contributed by atoms with Crippen LogP contribution in [0, 0.1) is 24.0 Å². The van der Waals surface area contributed by atoms with Gasteiger partial charge >= 0.3 is 0 Å². The molecule has 2 aromatic carbocycles. The number of ether oxygens (including phenoxy) is 1. The molecular formula is C16H16N2O4. The summed E-state index contributed by atoms with van der Waals surface area (Å²) >= 11 is 0. The van der Waals surface area contributed by atoms with Gasteiger partial charge in [0.1, 0.15) is 5.75 Å². The van der Waals surface area contributed by atoms with Gasteiger partial charge in [-0.05, 0) is 38.1 Å². The second kappa shape index (κ2) is 6.71. The summed E-state index contributed by atoms with van der Waals surface area (Å²) in [6, 6.07) is 11.8. The Morgan fingerprint density at radius 1 is 1.18 bits per heavy atom. The molecule has 22 heavy (non-hydrogen) atoms. The van der Waals surface area contributed by atoms with Crippen molar-refractivity contribution in [2.75, 3.05) is 11.9 Å². The zero-order valence-corrected chi connectivity index (χ0v) is 12.3. The molecule has 0 fully saturated rings. The molecule has 1 N–H and O–H groups in total. The lowest BCUT2D eigenvalue weighted by atomic mass is 10.2. The number of aryl methyl sites for hydroxylation is 2. The van der Waals surface area contributed by atoms with Gasteiger partial charge in [-0.25, -0.2) is 0 Å². The number of nitro benzene ring substituents is 1. The Balaban J connectivity index is 1.92. The van der Waals surface area contributed by atoms with Crippen LogP contribution in [0.1, 0.15) is 11.1 Å². The second-order valence-corrected chi connectivity index (χ2v) is 4.91. The molecule has 2 aromatic rings. The van der Waals surface area contributed by atoms with Crippen LogP contribution in [0.25, 0.3) is 0 Å². The predicted octanol–water partition coefficient (Wildman–Crippen LogP) is 3.23. The molecule has 0 aliphatic heterocycles. The molecule has 0 radical (unpaired) electrons. The fourth-order valence-corrected chi connectivity index (χ4v) is 1.91. The Morgan fingerprint density at radius 3 is 2.45 bits per heavy atom. The van der Waals surface area contributed by atoms with Crippen molar-refractivity contribution < 1.29 is 14.5 Å². The molecule has 1 amide bonds. The minimum Gasteiger partial charge on any atom is -0.484 e. The summed E-state index contributed by atoms with van der Waals surface area (Å²) in [6.45, 7) is 3.42. The molecule has 6 heteroatoms. The number of hydrogen-bond acceptors (Lipinski definition) is 4. The predicted molar refractivity (Wildman–Crippen MR) is 83.1 cm³/mol. The lowest BCUT2D eigenvalue weighted by molar-refractivity contribution is -0.385. The number of benzene rings is 2. The van der Waals surface area contributed by atoms with Crippen LogP contribution in [0.15, 0.2) is 42.5 Å². The van der Waals surface area contributed by atoms with Crippen LogP contribution in [-0.4, -0.2) is 17.4 Å². The van der Waals surface area contributed by atoms with E-state index in [9.17, 15) is 14.9 Å². The first-order valence-electron chi connectivity index (χ1n) is 6.70. The van der Waals surface area contributed by atoms with Gasteiger partial charge in [-0.15, -0.1) is 0 Å². The maximum absolute atomic E-state index is 11.8. The lowest BCUT2D eigenvalue weighted by Crippen LogP contribution is -2.20. The van der Waals surface area contributed by atoms with Crippen molar-refractivity contribution in [3.05, 3.63) is 63.7 Å². The summed E-state index contributed by atoms with van der Waals surface area (Å²) < 4.78 is 5.34. The molecule has 0 aliphatic rings. The molecule has 0 heterocycles. The summed E-state index contributed by atoms with van der Waals surface area (Å²) in [6.07, 6.45) is 0. The quantitative estimate of drug-likeness (QED) is 0.679. The third-order valence-corrected chi connectivity index (χ3v) is 3.07. The number of carbonyl (C=O) groups excluding carboxylic acids is 1. The van der Waals surface area contributed by atoms with Crippen molar-refractivity contribution in [3.8, 4) is 5.75 Å². The van der Waals surface area contributed by atoms with E-state index in [0.717, 1.165) is 5.56 Å². The Bertz CT molecular complexity index is 696. The first-order chi connectivity index (χ1) is 10.5. The fourth-order valence-electron chi connectivity index (χ4n) is 1.91. The Kier molecular flexibility index (Phi) is 4.73. The average molecular weight is 300 g/mol. The maximum atomic E-state index is 11.8. The van der Waals surface area contributed by atoms with E-state index < -0.39 is 4.92 Å². The van der Waals surface area contributed by atoms with Gasteiger partial charge in [0, 0.05) is 17.3 Å². The summed E-state index contributed by atoms with van der Waals surface area (Å²) in [5.74, 6) is 0.127. The number of nitro groups is 1. The molecule has 0 aliphatic carbocycles. The fraction of sp³-hybridized carbons (Fsp3) is 0.188. The first kappa shape index (κ1) is 15.5. The SMILES string of the molecule is Cc1ccc(NC(=O)COc2ccc([N+](=O)[O-])c(C)c2)cc1. The number of anilines is 1. The third kappa shape index (κ3) is 4.05. The largest absolute Gasteiger partial charge is 0.484 e. The van der Waals surface area contributed by atoms with E-state index in [2.05, 4.69) is 5.32 Å². The molecule has 6 nitrogen and oxygen atoms in total. The number of nitrogens with zero attached hydrogens (tertiary/aromatic N) is 1. The van der Waals surface area contributed by atoms with Gasteiger partial charge in [0.15, 0.2) is 6.61 Å². The summed E-state index contributed by atoms with van der Waals surface area (Å²) in [5, 5.41) is 13.4. The highest BCUT2D eigenvalue weighted by Crippen LogP contribution is 2.23. The molecule has 114 valence electrons. The van der Waals surface area contributed by atoms with Gasteiger partial charge in [0.2, 0.25) is 0 Å². The van der Waals surface area contributed by atoms with Gasteiger partial charge in [-0.1, -0.05) is 17.7 Å². The number of nitrogens with one attached hydrogen (secondary N) is 1. The van der Waals surface area contributed by atoms with Crippen LogP contribution < -0.4 is 10.1 Å². The van der Waals surface area contributed by atoms with E-state index in [1.807, 2.05) is 31.2 Å². The zero-order valence-electron chi connectivity index (χ0n) is 12.3. The second-order valence-electron chi connectivity index (χ2n) is 4.91. The summed E-state index contributed by atoms with van der Waals surface area (Å²) in [5.41, 5.74) is 2.31. The topological polar surface area (TPSA) is 81.5 Å². The van der Waals surface area contributed by atoms with E-state index in [-0.39, 0.29) is 18.2 Å². The average Bonchev–Trinajstić information content (AvgIpc) is 2.47. The highest BCUT2D eigenvalue weighted by Gasteiger charge is 2.11. The highest BCUT2D eigenvalue weighted by molar-refractivity contribution is 5.91. The zero-order chi connectivity index (χ0) is 16.1. The molecule has 0 aromatic heterocycles. The van der Waals surface area contributed by atoms with Gasteiger partial charge < -0.3 is 10.1 Å². The van der Waals surface area contributed by atoms with Crippen molar-refractivity contribution in [2.24, 2.45) is 0 Å². The number of hydrogen-bond donors (Lipinski definition) is 1. The van der Waals surface area contributed by atoms with Crippen molar-refractivity contribution in [3.63, 3.8) is 0 Å². The highest BCUT2D eigenvalue weighted by atomic mass is 16.6. The Hall–Kier alpha value is -2.89. The van der Waals surface area contributed by atoms with Crippen molar-refractivity contribution >= 4 is 17.3 Å². The van der Waals surface area contributed by atoms with Crippen LogP contribution in [0.5, 0.6) is 5.75 Å². The number of amides is 1. The molecule has 2 rings (SSSR count). The normalized spacial score (nSPS) is 10.1. The summed E-state index contributed by atoms with van der Waals surface area (Å²) in [4.78, 5) is 22.1. The van der Waals surface area contributed by atoms with E-state index in [1.54, 1.807) is 6.92 Å². The van der Waals surface area contributed by atoms with Gasteiger partial charge in [0.05, 0.1) is 4.92 Å². The van der Waals surface area contributed by atoms with Crippen LogP contribution in [0.3, 0.4) is 0 Å². The first-order valence-corrected chi connectivity index (χ1v) is 6.70. The molecule has 0 atom stereocenters.